The average Bonchev–Trinajstić information content (AvgIpc) is 2.53. The maximum Gasteiger partial charge on any atom is 0.198 e. The van der Waals surface area contributed by atoms with Gasteiger partial charge in [-0.3, -0.25) is 4.79 Å². The average molecular weight is 287 g/mol. The number of ketones is 1. The molecular formula is C16H17NO4. The number of carbonyl (C=O) groups is 1. The minimum absolute atomic E-state index is 0.213. The first-order valence-corrected chi connectivity index (χ1v) is 6.31. The van der Waals surface area contributed by atoms with Gasteiger partial charge in [-0.05, 0) is 24.3 Å². The van der Waals surface area contributed by atoms with Crippen LogP contribution in [0.15, 0.2) is 36.4 Å². The van der Waals surface area contributed by atoms with Crippen molar-refractivity contribution < 1.29 is 19.0 Å². The SMILES string of the molecule is COc1ccc(C(=O)c2ccc(OC)cc2OC)c(N)c1. The molecule has 0 amide bonds. The Bertz CT molecular complexity index is 667. The van der Waals surface area contributed by atoms with Gasteiger partial charge in [-0.2, -0.15) is 0 Å². The largest absolute Gasteiger partial charge is 0.497 e. The number of methoxy groups -OCH3 is 3. The predicted octanol–water partition coefficient (Wildman–Crippen LogP) is 2.53. The first kappa shape index (κ1) is 14.7. The van der Waals surface area contributed by atoms with Crippen LogP contribution in [0.4, 0.5) is 5.69 Å². The van der Waals surface area contributed by atoms with E-state index in [1.165, 1.54) is 7.11 Å². The van der Waals surface area contributed by atoms with Crippen LogP contribution in [0.2, 0.25) is 0 Å². The van der Waals surface area contributed by atoms with E-state index in [-0.39, 0.29) is 5.78 Å². The molecule has 5 nitrogen and oxygen atoms in total. The number of carbonyl (C=O) groups excluding carboxylic acids is 1. The molecule has 21 heavy (non-hydrogen) atoms. The molecule has 0 aliphatic carbocycles. The van der Waals surface area contributed by atoms with Crippen molar-refractivity contribution in [3.05, 3.63) is 47.5 Å². The highest BCUT2D eigenvalue weighted by Gasteiger charge is 2.18. The van der Waals surface area contributed by atoms with E-state index in [0.29, 0.717) is 34.1 Å². The zero-order chi connectivity index (χ0) is 15.4. The van der Waals surface area contributed by atoms with Crippen molar-refractivity contribution in [1.82, 2.24) is 0 Å². The molecule has 2 N–H and O–H groups in total. The van der Waals surface area contributed by atoms with E-state index in [2.05, 4.69) is 0 Å². The van der Waals surface area contributed by atoms with Crippen LogP contribution in [-0.2, 0) is 0 Å². The van der Waals surface area contributed by atoms with Crippen LogP contribution < -0.4 is 19.9 Å². The molecule has 0 heterocycles. The van der Waals surface area contributed by atoms with Gasteiger partial charge in [-0.25, -0.2) is 0 Å². The second kappa shape index (κ2) is 6.17. The van der Waals surface area contributed by atoms with Crippen LogP contribution in [0.3, 0.4) is 0 Å². The molecule has 0 fully saturated rings. The summed E-state index contributed by atoms with van der Waals surface area (Å²) in [6, 6.07) is 9.97. The summed E-state index contributed by atoms with van der Waals surface area (Å²) >= 11 is 0. The molecule has 0 saturated heterocycles. The Labute approximate surface area is 123 Å². The van der Waals surface area contributed by atoms with Gasteiger partial charge >= 0.3 is 0 Å². The lowest BCUT2D eigenvalue weighted by molar-refractivity contribution is 0.103. The number of benzene rings is 2. The van der Waals surface area contributed by atoms with Gasteiger partial charge in [-0.1, -0.05) is 0 Å². The van der Waals surface area contributed by atoms with Gasteiger partial charge in [0.2, 0.25) is 0 Å². The first-order valence-electron chi connectivity index (χ1n) is 6.31. The molecule has 0 radical (unpaired) electrons. The zero-order valence-electron chi connectivity index (χ0n) is 12.2. The minimum atomic E-state index is -0.213. The maximum absolute atomic E-state index is 12.6. The smallest absolute Gasteiger partial charge is 0.198 e. The van der Waals surface area contributed by atoms with Crippen LogP contribution in [0.5, 0.6) is 17.2 Å². The molecule has 0 aliphatic rings. The fourth-order valence-corrected chi connectivity index (χ4v) is 2.01. The number of nitrogens with two attached hydrogens (primary N) is 1. The molecule has 0 aliphatic heterocycles. The van der Waals surface area contributed by atoms with Gasteiger partial charge < -0.3 is 19.9 Å². The monoisotopic (exact) mass is 287 g/mol. The first-order chi connectivity index (χ1) is 10.1. The summed E-state index contributed by atoms with van der Waals surface area (Å²) < 4.78 is 15.4. The second-order valence-corrected chi connectivity index (χ2v) is 4.35. The highest BCUT2D eigenvalue weighted by Crippen LogP contribution is 2.29. The molecule has 110 valence electrons. The Morgan fingerprint density at radius 2 is 1.43 bits per heavy atom. The summed E-state index contributed by atoms with van der Waals surface area (Å²) in [5.41, 5.74) is 7.10. The van der Waals surface area contributed by atoms with Crippen LogP contribution in [0, 0.1) is 0 Å². The molecule has 0 unspecified atom stereocenters. The fraction of sp³-hybridized carbons (Fsp3) is 0.188. The van der Waals surface area contributed by atoms with Crippen LogP contribution in [0.1, 0.15) is 15.9 Å². The van der Waals surface area contributed by atoms with E-state index >= 15 is 0 Å². The normalized spacial score (nSPS) is 10.0. The van der Waals surface area contributed by atoms with Gasteiger partial charge in [-0.15, -0.1) is 0 Å². The van der Waals surface area contributed by atoms with Crippen LogP contribution in [-0.4, -0.2) is 27.1 Å². The highest BCUT2D eigenvalue weighted by atomic mass is 16.5. The lowest BCUT2D eigenvalue weighted by Gasteiger charge is -2.11. The number of ether oxygens (including phenoxy) is 3. The quantitative estimate of drug-likeness (QED) is 0.676. The summed E-state index contributed by atoms with van der Waals surface area (Å²) in [4.78, 5) is 12.6. The van der Waals surface area contributed by atoms with Crippen LogP contribution >= 0.6 is 0 Å². The Hall–Kier alpha value is -2.69. The molecule has 0 atom stereocenters. The van der Waals surface area contributed by atoms with E-state index in [9.17, 15) is 4.79 Å². The number of nitrogen functional groups attached to an aromatic ring is 1. The Balaban J connectivity index is 2.44. The number of anilines is 1. The van der Waals surface area contributed by atoms with Crippen molar-refractivity contribution >= 4 is 11.5 Å². The van der Waals surface area contributed by atoms with Crippen molar-refractivity contribution in [2.24, 2.45) is 0 Å². The van der Waals surface area contributed by atoms with Crippen molar-refractivity contribution in [3.63, 3.8) is 0 Å². The summed E-state index contributed by atoms with van der Waals surface area (Å²) in [6.07, 6.45) is 0. The van der Waals surface area contributed by atoms with Gasteiger partial charge in [0.25, 0.3) is 0 Å². The van der Waals surface area contributed by atoms with Gasteiger partial charge in [0.1, 0.15) is 17.2 Å². The molecule has 0 saturated carbocycles. The third-order valence-corrected chi connectivity index (χ3v) is 3.16. The van der Waals surface area contributed by atoms with E-state index in [1.54, 1.807) is 50.6 Å². The van der Waals surface area contributed by atoms with Crippen molar-refractivity contribution in [2.45, 2.75) is 0 Å². The number of hydrogen-bond donors (Lipinski definition) is 1. The fourth-order valence-electron chi connectivity index (χ4n) is 2.01. The van der Waals surface area contributed by atoms with Crippen LogP contribution in [0.25, 0.3) is 0 Å². The van der Waals surface area contributed by atoms with E-state index < -0.39 is 0 Å². The Morgan fingerprint density at radius 3 is 1.95 bits per heavy atom. The van der Waals surface area contributed by atoms with E-state index in [0.717, 1.165) is 0 Å². The van der Waals surface area contributed by atoms with E-state index in [4.69, 9.17) is 19.9 Å². The highest BCUT2D eigenvalue weighted by molar-refractivity contribution is 6.13. The predicted molar refractivity (Wildman–Crippen MR) is 80.4 cm³/mol. The lowest BCUT2D eigenvalue weighted by atomic mass is 10.0. The third-order valence-electron chi connectivity index (χ3n) is 3.16. The lowest BCUT2D eigenvalue weighted by Crippen LogP contribution is -2.07. The van der Waals surface area contributed by atoms with Crippen molar-refractivity contribution in [2.75, 3.05) is 27.1 Å². The second-order valence-electron chi connectivity index (χ2n) is 4.35. The molecule has 2 aromatic carbocycles. The summed E-state index contributed by atoms with van der Waals surface area (Å²) in [6.45, 7) is 0. The molecule has 0 bridgehead atoms. The maximum atomic E-state index is 12.6. The molecule has 5 heteroatoms. The summed E-state index contributed by atoms with van der Waals surface area (Å²) in [7, 11) is 4.60. The molecule has 0 aromatic heterocycles. The van der Waals surface area contributed by atoms with E-state index in [1.807, 2.05) is 0 Å². The topological polar surface area (TPSA) is 70.8 Å². The van der Waals surface area contributed by atoms with Gasteiger partial charge in [0.15, 0.2) is 5.78 Å². The molecule has 2 rings (SSSR count). The summed E-state index contributed by atoms with van der Waals surface area (Å²) in [5.74, 6) is 1.45. The summed E-state index contributed by atoms with van der Waals surface area (Å²) in [5, 5.41) is 0. The standard InChI is InChI=1S/C16H17NO4/c1-19-10-4-6-12(14(17)8-10)16(18)13-7-5-11(20-2)9-15(13)21-3/h4-9H,17H2,1-3H3. The minimum Gasteiger partial charge on any atom is -0.497 e. The zero-order valence-corrected chi connectivity index (χ0v) is 12.2. The molecule has 2 aromatic rings. The van der Waals surface area contributed by atoms with Crippen molar-refractivity contribution in [1.29, 1.82) is 0 Å². The third kappa shape index (κ3) is 2.91. The molecule has 0 spiro atoms. The van der Waals surface area contributed by atoms with Crippen molar-refractivity contribution in [3.8, 4) is 17.2 Å². The number of rotatable bonds is 5. The van der Waals surface area contributed by atoms with Gasteiger partial charge in [0.05, 0.1) is 26.9 Å². The molecular weight excluding hydrogens is 270 g/mol. The Kier molecular flexibility index (Phi) is 4.33. The van der Waals surface area contributed by atoms with Gasteiger partial charge in [0, 0.05) is 23.4 Å². The Morgan fingerprint density at radius 1 is 0.857 bits per heavy atom. The number of hydrogen-bond acceptors (Lipinski definition) is 5.